The van der Waals surface area contributed by atoms with Crippen molar-refractivity contribution in [3.05, 3.63) is 35.5 Å². The van der Waals surface area contributed by atoms with Crippen molar-refractivity contribution in [1.29, 1.82) is 0 Å². The fourth-order valence-electron chi connectivity index (χ4n) is 3.65. The molecule has 168 valence electrons. The first-order valence-corrected chi connectivity index (χ1v) is 10.3. The molecule has 10 heteroatoms. The summed E-state index contributed by atoms with van der Waals surface area (Å²) in [6.45, 7) is 3.10. The highest BCUT2D eigenvalue weighted by Crippen LogP contribution is 2.21. The first kappa shape index (κ1) is 22.7. The topological polar surface area (TPSA) is 106 Å². The van der Waals surface area contributed by atoms with Gasteiger partial charge in [-0.15, -0.1) is 0 Å². The van der Waals surface area contributed by atoms with Crippen LogP contribution in [0.25, 0.3) is 10.9 Å². The minimum Gasteiger partial charge on any atom is -0.396 e. The van der Waals surface area contributed by atoms with Gasteiger partial charge in [-0.2, -0.15) is 0 Å². The quantitative estimate of drug-likeness (QED) is 0.593. The lowest BCUT2D eigenvalue weighted by molar-refractivity contribution is -0.146. The molecule has 2 aromatic rings. The molecule has 1 aromatic heterocycles. The maximum atomic E-state index is 13.9. The Morgan fingerprint density at radius 3 is 2.45 bits per heavy atom. The summed E-state index contributed by atoms with van der Waals surface area (Å²) >= 11 is 0. The van der Waals surface area contributed by atoms with E-state index in [2.05, 4.69) is 10.3 Å². The predicted octanol–water partition coefficient (Wildman–Crippen LogP) is 1.26. The molecule has 1 unspecified atom stereocenters. The zero-order valence-electron chi connectivity index (χ0n) is 17.3. The smallest absolute Gasteiger partial charge is 0.312 e. The van der Waals surface area contributed by atoms with E-state index in [0.717, 1.165) is 18.6 Å². The Bertz CT molecular complexity index is 970. The average Bonchev–Trinajstić information content (AvgIpc) is 3.20. The van der Waals surface area contributed by atoms with Crippen molar-refractivity contribution in [3.8, 4) is 0 Å². The van der Waals surface area contributed by atoms with Crippen molar-refractivity contribution in [3.63, 3.8) is 0 Å². The molecule has 1 atom stereocenters. The summed E-state index contributed by atoms with van der Waals surface area (Å²) in [7, 11) is 0. The predicted molar refractivity (Wildman–Crippen MR) is 109 cm³/mol. The Morgan fingerprint density at radius 2 is 1.81 bits per heavy atom. The molecule has 1 fully saturated rings. The number of nitrogens with zero attached hydrogens (tertiary/aromatic N) is 2. The van der Waals surface area contributed by atoms with Gasteiger partial charge in [-0.05, 0) is 24.5 Å². The van der Waals surface area contributed by atoms with Crippen LogP contribution in [0.1, 0.15) is 30.3 Å². The van der Waals surface area contributed by atoms with Gasteiger partial charge < -0.3 is 25.2 Å². The summed E-state index contributed by atoms with van der Waals surface area (Å²) in [5.41, 5.74) is 0.324. The maximum Gasteiger partial charge on any atom is 0.312 e. The molecule has 0 aliphatic carbocycles. The van der Waals surface area contributed by atoms with Crippen molar-refractivity contribution in [2.24, 2.45) is 5.92 Å². The Balaban J connectivity index is 1.55. The van der Waals surface area contributed by atoms with Gasteiger partial charge >= 0.3 is 11.8 Å². The van der Waals surface area contributed by atoms with Crippen LogP contribution >= 0.6 is 0 Å². The molecular formula is C21H26F2N4O4. The number of piperazine rings is 1. The van der Waals surface area contributed by atoms with Crippen molar-refractivity contribution >= 4 is 28.6 Å². The van der Waals surface area contributed by atoms with Crippen LogP contribution in [0.15, 0.2) is 18.2 Å². The Labute approximate surface area is 178 Å². The SMILES string of the molecule is CCC(CCO)CNC(=O)C(=O)N1CCN(C(=O)c2cc3c(F)cc(F)cc3[nH]2)CC1. The number of aromatic amines is 1. The zero-order chi connectivity index (χ0) is 22.5. The Kier molecular flexibility index (Phi) is 7.21. The van der Waals surface area contributed by atoms with Crippen molar-refractivity contribution in [1.82, 2.24) is 20.1 Å². The van der Waals surface area contributed by atoms with Gasteiger partial charge in [0.2, 0.25) is 0 Å². The van der Waals surface area contributed by atoms with E-state index in [1.807, 2.05) is 6.92 Å². The van der Waals surface area contributed by atoms with Gasteiger partial charge in [0.25, 0.3) is 5.91 Å². The fourth-order valence-corrected chi connectivity index (χ4v) is 3.65. The molecule has 0 spiro atoms. The molecule has 31 heavy (non-hydrogen) atoms. The highest BCUT2D eigenvalue weighted by atomic mass is 19.1. The number of halogens is 2. The monoisotopic (exact) mass is 436 g/mol. The van der Waals surface area contributed by atoms with Crippen molar-refractivity contribution in [2.75, 3.05) is 39.3 Å². The summed E-state index contributed by atoms with van der Waals surface area (Å²) in [5, 5.41) is 11.7. The summed E-state index contributed by atoms with van der Waals surface area (Å²) < 4.78 is 27.2. The van der Waals surface area contributed by atoms with Crippen molar-refractivity contribution < 1.29 is 28.3 Å². The average molecular weight is 436 g/mol. The normalized spacial score (nSPS) is 15.2. The number of aliphatic hydroxyl groups excluding tert-OH is 1. The van der Waals surface area contributed by atoms with E-state index in [0.29, 0.717) is 13.0 Å². The highest BCUT2D eigenvalue weighted by Gasteiger charge is 2.29. The standard InChI is InChI=1S/C21H26F2N4O4/c1-2-13(3-8-28)12-24-19(29)21(31)27-6-4-26(5-7-27)20(30)18-11-15-16(23)9-14(22)10-17(15)25-18/h9-11,13,25,28H,2-8,12H2,1H3,(H,24,29). The van der Waals surface area contributed by atoms with Gasteiger partial charge in [0.15, 0.2) is 0 Å². The molecule has 1 aliphatic heterocycles. The molecule has 3 amide bonds. The van der Waals surface area contributed by atoms with Crippen molar-refractivity contribution in [2.45, 2.75) is 19.8 Å². The molecule has 1 aromatic carbocycles. The molecule has 0 bridgehead atoms. The van der Waals surface area contributed by atoms with Gasteiger partial charge in [0.1, 0.15) is 17.3 Å². The second kappa shape index (κ2) is 9.86. The molecule has 3 N–H and O–H groups in total. The molecule has 1 saturated heterocycles. The minimum absolute atomic E-state index is 0.0241. The molecule has 1 aliphatic rings. The van der Waals surface area contributed by atoms with Crippen LogP contribution in [-0.2, 0) is 9.59 Å². The first-order valence-electron chi connectivity index (χ1n) is 10.3. The summed E-state index contributed by atoms with van der Waals surface area (Å²) in [6, 6.07) is 3.22. The van der Waals surface area contributed by atoms with Crippen LogP contribution in [0.2, 0.25) is 0 Å². The minimum atomic E-state index is -0.754. The van der Waals surface area contributed by atoms with E-state index >= 15 is 0 Å². The third-order valence-corrected chi connectivity index (χ3v) is 5.60. The number of amides is 3. The number of rotatable bonds is 6. The largest absolute Gasteiger partial charge is 0.396 e. The molecule has 8 nitrogen and oxygen atoms in total. The van der Waals surface area contributed by atoms with Crippen LogP contribution in [0.3, 0.4) is 0 Å². The number of aromatic nitrogens is 1. The van der Waals surface area contributed by atoms with Gasteiger partial charge in [0, 0.05) is 50.8 Å². The highest BCUT2D eigenvalue weighted by molar-refractivity contribution is 6.35. The molecule has 2 heterocycles. The van der Waals surface area contributed by atoms with E-state index in [-0.39, 0.29) is 61.2 Å². The number of nitrogens with one attached hydrogen (secondary N) is 2. The second-order valence-corrected chi connectivity index (χ2v) is 7.61. The molecular weight excluding hydrogens is 410 g/mol. The van der Waals surface area contributed by atoms with Gasteiger partial charge in [-0.3, -0.25) is 14.4 Å². The fraction of sp³-hybridized carbons (Fsp3) is 0.476. The number of hydrogen-bond acceptors (Lipinski definition) is 4. The number of carbonyl (C=O) groups excluding carboxylic acids is 3. The van der Waals surface area contributed by atoms with Gasteiger partial charge in [0.05, 0.1) is 5.52 Å². The summed E-state index contributed by atoms with van der Waals surface area (Å²) in [5.74, 6) is -3.14. The number of fused-ring (bicyclic) bond motifs is 1. The van der Waals surface area contributed by atoms with E-state index in [1.54, 1.807) is 0 Å². The lowest BCUT2D eigenvalue weighted by Crippen LogP contribution is -2.54. The zero-order valence-corrected chi connectivity index (χ0v) is 17.3. The van der Waals surface area contributed by atoms with Crippen LogP contribution in [0.4, 0.5) is 8.78 Å². The Morgan fingerprint density at radius 1 is 1.13 bits per heavy atom. The molecule has 0 saturated carbocycles. The summed E-state index contributed by atoms with van der Waals surface area (Å²) in [6.07, 6.45) is 1.33. The molecule has 0 radical (unpaired) electrons. The first-order chi connectivity index (χ1) is 14.8. The van der Waals surface area contributed by atoms with Crippen LogP contribution < -0.4 is 5.32 Å². The van der Waals surface area contributed by atoms with E-state index in [9.17, 15) is 23.2 Å². The number of hydrogen-bond donors (Lipinski definition) is 3. The van der Waals surface area contributed by atoms with E-state index < -0.39 is 23.4 Å². The lowest BCUT2D eigenvalue weighted by atomic mass is 10.0. The summed E-state index contributed by atoms with van der Waals surface area (Å²) in [4.78, 5) is 42.8. The number of carbonyl (C=O) groups is 3. The number of H-pyrrole nitrogens is 1. The van der Waals surface area contributed by atoms with Gasteiger partial charge in [-0.1, -0.05) is 13.3 Å². The lowest BCUT2D eigenvalue weighted by Gasteiger charge is -2.34. The molecule has 3 rings (SSSR count). The van der Waals surface area contributed by atoms with Crippen LogP contribution in [-0.4, -0.2) is 76.9 Å². The van der Waals surface area contributed by atoms with Gasteiger partial charge in [-0.25, -0.2) is 8.78 Å². The number of aliphatic hydroxyl groups is 1. The van der Waals surface area contributed by atoms with E-state index in [1.165, 1.54) is 15.9 Å². The van der Waals surface area contributed by atoms with Crippen LogP contribution in [0.5, 0.6) is 0 Å². The third-order valence-electron chi connectivity index (χ3n) is 5.60. The number of benzene rings is 1. The maximum absolute atomic E-state index is 13.9. The third kappa shape index (κ3) is 5.19. The van der Waals surface area contributed by atoms with E-state index in [4.69, 9.17) is 5.11 Å². The second-order valence-electron chi connectivity index (χ2n) is 7.61. The van der Waals surface area contributed by atoms with Crippen LogP contribution in [0, 0.1) is 17.6 Å². The Hall–Kier alpha value is -3.01.